The van der Waals surface area contributed by atoms with E-state index in [1.54, 1.807) is 12.4 Å². The molecular weight excluding hydrogens is 372 g/mol. The summed E-state index contributed by atoms with van der Waals surface area (Å²) < 4.78 is 0. The Labute approximate surface area is 178 Å². The third kappa shape index (κ3) is 4.68. The molecule has 1 unspecified atom stereocenters. The number of likely N-dealkylation sites (tertiary alicyclic amines) is 1. The smallest absolute Gasteiger partial charge is 0.252 e. The van der Waals surface area contributed by atoms with Crippen LogP contribution in [0.3, 0.4) is 0 Å². The van der Waals surface area contributed by atoms with Gasteiger partial charge in [0.15, 0.2) is 0 Å². The van der Waals surface area contributed by atoms with E-state index in [0.29, 0.717) is 18.2 Å². The average Bonchev–Trinajstić information content (AvgIpc) is 2.81. The number of carbonyl (C=O) groups is 1. The van der Waals surface area contributed by atoms with Crippen LogP contribution in [-0.4, -0.2) is 46.5 Å². The lowest BCUT2D eigenvalue weighted by molar-refractivity contribution is 0.0949. The van der Waals surface area contributed by atoms with E-state index in [-0.39, 0.29) is 5.91 Å². The summed E-state index contributed by atoms with van der Waals surface area (Å²) in [4.78, 5) is 24.5. The summed E-state index contributed by atoms with van der Waals surface area (Å²) in [6.45, 7) is 5.21. The molecule has 4 rings (SSSR count). The van der Waals surface area contributed by atoms with Gasteiger partial charge < -0.3 is 10.2 Å². The summed E-state index contributed by atoms with van der Waals surface area (Å²) in [5.41, 5.74) is 3.26. The molecule has 156 valence electrons. The van der Waals surface area contributed by atoms with Crippen molar-refractivity contribution in [1.29, 1.82) is 0 Å². The largest absolute Gasteiger partial charge is 0.352 e. The summed E-state index contributed by atoms with van der Waals surface area (Å²) in [5, 5.41) is 4.02. The van der Waals surface area contributed by atoms with Crippen LogP contribution >= 0.6 is 0 Å². The molecule has 1 aromatic carbocycles. The Morgan fingerprint density at radius 1 is 1.17 bits per heavy atom. The Kier molecular flexibility index (Phi) is 6.70. The molecule has 0 aliphatic carbocycles. The minimum atomic E-state index is -0.0328. The number of carbonyl (C=O) groups excluding carboxylic acids is 1. The van der Waals surface area contributed by atoms with Crippen molar-refractivity contribution in [3.8, 4) is 11.3 Å². The minimum Gasteiger partial charge on any atom is -0.352 e. The van der Waals surface area contributed by atoms with E-state index in [1.807, 2.05) is 42.5 Å². The van der Waals surface area contributed by atoms with Gasteiger partial charge in [-0.15, -0.1) is 0 Å². The average molecular weight is 403 g/mol. The lowest BCUT2D eigenvalue weighted by atomic mass is 10.00. The Hall–Kier alpha value is -2.79. The minimum absolute atomic E-state index is 0.0328. The summed E-state index contributed by atoms with van der Waals surface area (Å²) >= 11 is 0. The fourth-order valence-corrected chi connectivity index (χ4v) is 4.43. The van der Waals surface area contributed by atoms with E-state index in [9.17, 15) is 4.79 Å². The molecule has 1 N–H and O–H groups in total. The molecular formula is C25H30N4O. The van der Waals surface area contributed by atoms with Gasteiger partial charge in [0.05, 0.1) is 16.8 Å². The van der Waals surface area contributed by atoms with E-state index >= 15 is 0 Å². The molecule has 0 spiro atoms. The second-order valence-electron chi connectivity index (χ2n) is 8.01. The summed E-state index contributed by atoms with van der Waals surface area (Å²) in [7, 11) is 0. The molecule has 1 amide bonds. The number of para-hydroxylation sites is 1. The van der Waals surface area contributed by atoms with Gasteiger partial charge in [0.2, 0.25) is 0 Å². The Bertz CT molecular complexity index is 989. The maximum atomic E-state index is 13.0. The van der Waals surface area contributed by atoms with Gasteiger partial charge in [0.25, 0.3) is 5.91 Å². The van der Waals surface area contributed by atoms with Crippen molar-refractivity contribution in [2.24, 2.45) is 0 Å². The van der Waals surface area contributed by atoms with Gasteiger partial charge >= 0.3 is 0 Å². The molecule has 0 bridgehead atoms. The second-order valence-corrected chi connectivity index (χ2v) is 8.01. The third-order valence-electron chi connectivity index (χ3n) is 6.06. The van der Waals surface area contributed by atoms with Crippen LogP contribution in [0.15, 0.2) is 54.9 Å². The fourth-order valence-electron chi connectivity index (χ4n) is 4.43. The highest BCUT2D eigenvalue weighted by atomic mass is 16.1. The third-order valence-corrected chi connectivity index (χ3v) is 6.06. The molecule has 5 nitrogen and oxygen atoms in total. The quantitative estimate of drug-likeness (QED) is 0.583. The first-order valence-electron chi connectivity index (χ1n) is 11.1. The lowest BCUT2D eigenvalue weighted by Gasteiger charge is -2.35. The van der Waals surface area contributed by atoms with E-state index in [2.05, 4.69) is 22.1 Å². The molecule has 0 radical (unpaired) electrons. The highest BCUT2D eigenvalue weighted by Gasteiger charge is 2.20. The van der Waals surface area contributed by atoms with Crippen LogP contribution in [0.4, 0.5) is 0 Å². The van der Waals surface area contributed by atoms with Gasteiger partial charge in [-0.25, -0.2) is 4.98 Å². The number of rotatable bonds is 7. The highest BCUT2D eigenvalue weighted by Crippen LogP contribution is 2.24. The number of piperidine rings is 1. The predicted molar refractivity (Wildman–Crippen MR) is 121 cm³/mol. The van der Waals surface area contributed by atoms with Crippen LogP contribution < -0.4 is 5.32 Å². The number of fused-ring (bicyclic) bond motifs is 1. The van der Waals surface area contributed by atoms with E-state index in [0.717, 1.165) is 35.1 Å². The summed E-state index contributed by atoms with van der Waals surface area (Å²) in [6, 6.07) is 14.3. The summed E-state index contributed by atoms with van der Waals surface area (Å²) in [5.74, 6) is -0.0328. The monoisotopic (exact) mass is 402 g/mol. The van der Waals surface area contributed by atoms with Crippen molar-refractivity contribution in [1.82, 2.24) is 20.2 Å². The Morgan fingerprint density at radius 3 is 2.83 bits per heavy atom. The number of pyridine rings is 2. The van der Waals surface area contributed by atoms with Crippen LogP contribution in [0.25, 0.3) is 22.2 Å². The highest BCUT2D eigenvalue weighted by molar-refractivity contribution is 6.07. The van der Waals surface area contributed by atoms with E-state index < -0.39 is 0 Å². The fraction of sp³-hybridized carbons (Fsp3) is 0.400. The van der Waals surface area contributed by atoms with Crippen molar-refractivity contribution in [3.05, 3.63) is 60.4 Å². The first-order valence-corrected chi connectivity index (χ1v) is 11.1. The summed E-state index contributed by atoms with van der Waals surface area (Å²) in [6.07, 6.45) is 9.63. The zero-order valence-corrected chi connectivity index (χ0v) is 17.7. The van der Waals surface area contributed by atoms with Gasteiger partial charge in [-0.3, -0.25) is 9.78 Å². The van der Waals surface area contributed by atoms with Gasteiger partial charge in [0.1, 0.15) is 0 Å². The number of hydrogen-bond acceptors (Lipinski definition) is 4. The molecule has 1 aliphatic heterocycles. The zero-order valence-electron chi connectivity index (χ0n) is 17.7. The SMILES string of the molecule is CCC1CCCCN1CCCNC(=O)c1cc(-c2ccncc2)nc2ccccc12. The maximum Gasteiger partial charge on any atom is 0.252 e. The number of aromatic nitrogens is 2. The molecule has 30 heavy (non-hydrogen) atoms. The number of nitrogens with zero attached hydrogens (tertiary/aromatic N) is 3. The van der Waals surface area contributed by atoms with Crippen molar-refractivity contribution in [2.75, 3.05) is 19.6 Å². The van der Waals surface area contributed by atoms with Crippen molar-refractivity contribution in [3.63, 3.8) is 0 Å². The lowest BCUT2D eigenvalue weighted by Crippen LogP contribution is -2.40. The first kappa shape index (κ1) is 20.5. The van der Waals surface area contributed by atoms with Crippen LogP contribution in [0, 0.1) is 0 Å². The molecule has 3 aromatic rings. The van der Waals surface area contributed by atoms with Crippen LogP contribution in [0.5, 0.6) is 0 Å². The van der Waals surface area contributed by atoms with Crippen LogP contribution in [-0.2, 0) is 0 Å². The first-order chi connectivity index (χ1) is 14.8. The van der Waals surface area contributed by atoms with Gasteiger partial charge in [-0.1, -0.05) is 31.5 Å². The zero-order chi connectivity index (χ0) is 20.8. The Morgan fingerprint density at radius 2 is 2.00 bits per heavy atom. The molecule has 3 heterocycles. The van der Waals surface area contributed by atoms with E-state index in [1.165, 1.54) is 32.2 Å². The van der Waals surface area contributed by atoms with Gasteiger partial charge in [-0.2, -0.15) is 0 Å². The van der Waals surface area contributed by atoms with Crippen molar-refractivity contribution in [2.45, 2.75) is 45.1 Å². The van der Waals surface area contributed by atoms with Crippen molar-refractivity contribution < 1.29 is 4.79 Å². The second kappa shape index (κ2) is 9.81. The predicted octanol–water partition coefficient (Wildman–Crippen LogP) is 4.68. The van der Waals surface area contributed by atoms with E-state index in [4.69, 9.17) is 4.98 Å². The van der Waals surface area contributed by atoms with Crippen LogP contribution in [0.2, 0.25) is 0 Å². The molecule has 1 fully saturated rings. The standard InChI is InChI=1S/C25H30N4O/c1-2-20-8-5-6-16-29(20)17-7-13-27-25(30)22-18-24(19-11-14-26-15-12-19)28-23-10-4-3-9-21(22)23/h3-4,9-12,14-15,18,20H,2,5-8,13,16-17H2,1H3,(H,27,30). The molecule has 0 saturated carbocycles. The van der Waals surface area contributed by atoms with Crippen LogP contribution in [0.1, 0.15) is 49.4 Å². The Balaban J connectivity index is 1.46. The molecule has 1 atom stereocenters. The van der Waals surface area contributed by atoms with Crippen molar-refractivity contribution >= 4 is 16.8 Å². The van der Waals surface area contributed by atoms with Gasteiger partial charge in [-0.05, 0) is 56.5 Å². The molecule has 1 aliphatic rings. The number of benzene rings is 1. The normalized spacial score (nSPS) is 17.2. The number of hydrogen-bond donors (Lipinski definition) is 1. The number of amides is 1. The molecule has 2 aromatic heterocycles. The number of nitrogens with one attached hydrogen (secondary N) is 1. The molecule has 5 heteroatoms. The molecule has 1 saturated heterocycles. The van der Waals surface area contributed by atoms with Gasteiger partial charge in [0, 0.05) is 42.5 Å². The topological polar surface area (TPSA) is 58.1 Å². The maximum absolute atomic E-state index is 13.0.